The molecule has 0 aliphatic heterocycles. The molecule has 0 unspecified atom stereocenters. The summed E-state index contributed by atoms with van der Waals surface area (Å²) in [6.45, 7) is 8.78. The van der Waals surface area contributed by atoms with Crippen LogP contribution in [0.2, 0.25) is 0 Å². The lowest BCUT2D eigenvalue weighted by atomic mass is 10.2. The van der Waals surface area contributed by atoms with Gasteiger partial charge >= 0.3 is 13.8 Å². The van der Waals surface area contributed by atoms with Crippen LogP contribution in [0.5, 0.6) is 5.88 Å². The molecule has 0 aliphatic rings. The zero-order valence-corrected chi connectivity index (χ0v) is 10.6. The fourth-order valence-electron chi connectivity index (χ4n) is 1.20. The number of carbonyl (C=O) groups is 1. The second kappa shape index (κ2) is 4.79. The molecule has 17 heavy (non-hydrogen) atoms. The summed E-state index contributed by atoms with van der Waals surface area (Å²) in [6.07, 6.45) is -0.578. The smallest absolute Gasteiger partial charge is 0.522 e. The van der Waals surface area contributed by atoms with Gasteiger partial charge < -0.3 is 14.4 Å². The van der Waals surface area contributed by atoms with Crippen LogP contribution in [0.15, 0.2) is 0 Å². The largest absolute Gasteiger partial charge is 0.570 e. The number of hydrogen-bond acceptors (Lipinski definition) is 5. The molecule has 0 saturated carbocycles. The van der Waals surface area contributed by atoms with Crippen LogP contribution in [0.3, 0.4) is 0 Å². The summed E-state index contributed by atoms with van der Waals surface area (Å²) in [5.74, 6) is 0.177. The Bertz CT molecular complexity index is 423. The first-order chi connectivity index (χ1) is 7.76. The van der Waals surface area contributed by atoms with Crippen molar-refractivity contribution in [3.05, 3.63) is 11.3 Å². The molecule has 1 aromatic rings. The molecule has 1 N–H and O–H groups in total. The van der Waals surface area contributed by atoms with Gasteiger partial charge in [-0.2, -0.15) is 4.68 Å². The molecular weight excluding hydrogens is 223 g/mol. The van der Waals surface area contributed by atoms with Crippen molar-refractivity contribution in [1.82, 2.24) is 9.78 Å². The zero-order valence-electron chi connectivity index (χ0n) is 10.6. The van der Waals surface area contributed by atoms with Crippen molar-refractivity contribution in [3.8, 4) is 5.88 Å². The first kappa shape index (κ1) is 13.6. The van der Waals surface area contributed by atoms with E-state index in [0.717, 1.165) is 4.68 Å². The van der Waals surface area contributed by atoms with Gasteiger partial charge in [-0.1, -0.05) is 0 Å². The van der Waals surface area contributed by atoms with E-state index < -0.39 is 11.7 Å². The molecule has 0 bridgehead atoms. The van der Waals surface area contributed by atoms with Crippen LogP contribution in [-0.4, -0.2) is 34.2 Å². The fourth-order valence-corrected chi connectivity index (χ4v) is 1.20. The van der Waals surface area contributed by atoms with Crippen LogP contribution in [-0.2, 0) is 4.74 Å². The first-order valence-corrected chi connectivity index (χ1v) is 5.18. The van der Waals surface area contributed by atoms with Crippen LogP contribution in [0, 0.1) is 13.8 Å². The lowest BCUT2D eigenvalue weighted by Crippen LogP contribution is -2.28. The molecule has 0 atom stereocenters. The number of aromatic nitrogens is 2. The number of nitrogens with zero attached hydrogens (tertiary/aromatic N) is 2. The molecule has 7 heteroatoms. The van der Waals surface area contributed by atoms with Gasteiger partial charge in [0.2, 0.25) is 5.88 Å². The summed E-state index contributed by atoms with van der Waals surface area (Å²) in [7, 11) is 0.522. The van der Waals surface area contributed by atoms with E-state index in [2.05, 4.69) is 5.10 Å². The van der Waals surface area contributed by atoms with Crippen molar-refractivity contribution in [3.63, 3.8) is 0 Å². The monoisotopic (exact) mass is 239 g/mol. The maximum absolute atomic E-state index is 11.8. The van der Waals surface area contributed by atoms with Gasteiger partial charge in [-0.25, -0.2) is 4.79 Å². The SMILES string of the molecule is Cc1c(O[B]O)nn(C(=O)OC(C)(C)C)c1C. The normalized spacial score (nSPS) is 11.2. The Balaban J connectivity index is 2.99. The molecule has 0 fully saturated rings. The van der Waals surface area contributed by atoms with Gasteiger partial charge in [0.15, 0.2) is 0 Å². The van der Waals surface area contributed by atoms with E-state index in [1.807, 2.05) is 0 Å². The predicted molar refractivity (Wildman–Crippen MR) is 61.9 cm³/mol. The molecule has 0 amide bonds. The molecule has 1 heterocycles. The lowest BCUT2D eigenvalue weighted by molar-refractivity contribution is 0.0509. The number of hydrogen-bond donors (Lipinski definition) is 1. The van der Waals surface area contributed by atoms with Gasteiger partial charge in [-0.05, 0) is 34.6 Å². The standard InChI is InChI=1S/C10H16BN2O4/c1-6-7(2)13(12-8(6)17-11-15)9(14)16-10(3,4)5/h15H,1-5H3. The van der Waals surface area contributed by atoms with Gasteiger partial charge in [0.25, 0.3) is 0 Å². The molecule has 0 spiro atoms. The quantitative estimate of drug-likeness (QED) is 0.784. The lowest BCUT2D eigenvalue weighted by Gasteiger charge is -2.19. The van der Waals surface area contributed by atoms with E-state index in [-0.39, 0.29) is 5.88 Å². The molecule has 1 radical (unpaired) electrons. The van der Waals surface area contributed by atoms with Gasteiger partial charge in [-0.3, -0.25) is 0 Å². The van der Waals surface area contributed by atoms with Crippen molar-refractivity contribution < 1.29 is 19.2 Å². The average Bonchev–Trinajstić information content (AvgIpc) is 2.44. The summed E-state index contributed by atoms with van der Waals surface area (Å²) in [5.41, 5.74) is 0.685. The van der Waals surface area contributed by atoms with E-state index in [0.29, 0.717) is 18.9 Å². The molecular formula is C10H16BN2O4. The molecule has 1 rings (SSSR count). The average molecular weight is 239 g/mol. The molecule has 0 aliphatic carbocycles. The Morgan fingerprint density at radius 1 is 1.41 bits per heavy atom. The highest BCUT2D eigenvalue weighted by atomic mass is 16.6. The summed E-state index contributed by atoms with van der Waals surface area (Å²) >= 11 is 0. The van der Waals surface area contributed by atoms with Gasteiger partial charge in [-0.15, -0.1) is 5.10 Å². The molecule has 93 valence electrons. The van der Waals surface area contributed by atoms with Gasteiger partial charge in [0, 0.05) is 5.56 Å². The van der Waals surface area contributed by atoms with E-state index in [1.165, 1.54) is 0 Å². The third kappa shape index (κ3) is 3.23. The fraction of sp³-hybridized carbons (Fsp3) is 0.600. The van der Waals surface area contributed by atoms with Gasteiger partial charge in [0.05, 0.1) is 5.69 Å². The van der Waals surface area contributed by atoms with Crippen LogP contribution < -0.4 is 4.65 Å². The minimum atomic E-state index is -0.590. The first-order valence-electron chi connectivity index (χ1n) is 5.18. The molecule has 0 aromatic carbocycles. The Morgan fingerprint density at radius 2 is 2.00 bits per heavy atom. The van der Waals surface area contributed by atoms with Crippen LogP contribution in [0.1, 0.15) is 32.0 Å². The van der Waals surface area contributed by atoms with E-state index >= 15 is 0 Å². The third-order valence-electron chi connectivity index (χ3n) is 2.10. The van der Waals surface area contributed by atoms with E-state index in [4.69, 9.17) is 14.4 Å². The highest BCUT2D eigenvalue weighted by Gasteiger charge is 2.22. The van der Waals surface area contributed by atoms with Gasteiger partial charge in [0.1, 0.15) is 5.60 Å². The Hall–Kier alpha value is -1.50. The van der Waals surface area contributed by atoms with E-state index in [1.54, 1.807) is 34.6 Å². The Kier molecular flexibility index (Phi) is 3.82. The maximum atomic E-state index is 11.8. The van der Waals surface area contributed by atoms with E-state index in [9.17, 15) is 4.79 Å². The second-order valence-electron chi connectivity index (χ2n) is 4.63. The predicted octanol–water partition coefficient (Wildman–Crippen LogP) is 1.19. The highest BCUT2D eigenvalue weighted by molar-refractivity contribution is 6.17. The summed E-state index contributed by atoms with van der Waals surface area (Å²) in [5, 5.41) is 12.5. The van der Waals surface area contributed by atoms with Crippen molar-refractivity contribution in [2.45, 2.75) is 40.2 Å². The molecule has 6 nitrogen and oxygen atoms in total. The minimum absolute atomic E-state index is 0.177. The van der Waals surface area contributed by atoms with Crippen molar-refractivity contribution in [1.29, 1.82) is 0 Å². The Morgan fingerprint density at radius 3 is 2.47 bits per heavy atom. The second-order valence-corrected chi connectivity index (χ2v) is 4.63. The molecule has 0 saturated heterocycles. The molecule has 1 aromatic heterocycles. The van der Waals surface area contributed by atoms with Crippen molar-refractivity contribution in [2.24, 2.45) is 0 Å². The van der Waals surface area contributed by atoms with Crippen LogP contribution in [0.4, 0.5) is 4.79 Å². The minimum Gasteiger partial charge on any atom is -0.522 e. The zero-order chi connectivity index (χ0) is 13.2. The number of carbonyl (C=O) groups excluding carboxylic acids is 1. The Labute approximate surface area is 101 Å². The van der Waals surface area contributed by atoms with Crippen LogP contribution in [0.25, 0.3) is 0 Å². The summed E-state index contributed by atoms with van der Waals surface area (Å²) < 4.78 is 11.1. The number of ether oxygens (including phenoxy) is 1. The summed E-state index contributed by atoms with van der Waals surface area (Å²) in [4.78, 5) is 11.8. The summed E-state index contributed by atoms with van der Waals surface area (Å²) in [6, 6.07) is 0. The van der Waals surface area contributed by atoms with Crippen molar-refractivity contribution >= 4 is 13.8 Å². The third-order valence-corrected chi connectivity index (χ3v) is 2.10. The number of rotatable bonds is 2. The maximum Gasteiger partial charge on any atom is 0.570 e. The van der Waals surface area contributed by atoms with Crippen molar-refractivity contribution in [2.75, 3.05) is 0 Å². The topological polar surface area (TPSA) is 73.6 Å². The van der Waals surface area contributed by atoms with Crippen LogP contribution >= 0.6 is 0 Å². The highest BCUT2D eigenvalue weighted by Crippen LogP contribution is 2.20.